The maximum Gasteiger partial charge on any atom is 0.0458 e. The van der Waals surface area contributed by atoms with Crippen LogP contribution >= 0.6 is 0 Å². The summed E-state index contributed by atoms with van der Waals surface area (Å²) in [6.45, 7) is 7.22. The Morgan fingerprint density at radius 1 is 0.909 bits per heavy atom. The van der Waals surface area contributed by atoms with E-state index in [1.807, 2.05) is 0 Å². The lowest BCUT2D eigenvalue weighted by molar-refractivity contribution is 0.335. The molecule has 4 rings (SSSR count). The Bertz CT molecular complexity index is 620. The van der Waals surface area contributed by atoms with Crippen molar-refractivity contribution in [3.63, 3.8) is 0 Å². The molecule has 0 bridgehead atoms. The molecule has 2 aliphatic rings. The van der Waals surface area contributed by atoms with E-state index in [1.54, 1.807) is 0 Å². The number of likely N-dealkylation sites (N-methyl/N-ethyl adjacent to an activating group) is 1. The van der Waals surface area contributed by atoms with Crippen LogP contribution in [0.4, 0.5) is 5.69 Å². The average molecular weight is 292 g/mol. The molecule has 0 spiro atoms. The summed E-state index contributed by atoms with van der Waals surface area (Å²) in [6, 6.07) is 20.5. The van der Waals surface area contributed by atoms with Gasteiger partial charge in [0.15, 0.2) is 0 Å². The topological polar surface area (TPSA) is 6.48 Å². The Kier molecular flexibility index (Phi) is 3.63. The summed E-state index contributed by atoms with van der Waals surface area (Å²) in [7, 11) is 0. The fraction of sp³-hybridized carbons (Fsp3) is 0.400. The van der Waals surface area contributed by atoms with E-state index in [-0.39, 0.29) is 0 Å². The van der Waals surface area contributed by atoms with Crippen molar-refractivity contribution < 1.29 is 0 Å². The third-order valence-electron chi connectivity index (χ3n) is 5.38. The predicted octanol–water partition coefficient (Wildman–Crippen LogP) is 3.88. The van der Waals surface area contributed by atoms with E-state index in [0.29, 0.717) is 0 Å². The number of rotatable bonds is 3. The summed E-state index contributed by atoms with van der Waals surface area (Å²) in [5, 5.41) is 0. The van der Waals surface area contributed by atoms with Gasteiger partial charge in [-0.1, -0.05) is 49.4 Å². The van der Waals surface area contributed by atoms with Gasteiger partial charge in [0.2, 0.25) is 0 Å². The Hall–Kier alpha value is -1.80. The molecule has 0 amide bonds. The molecule has 2 aliphatic heterocycles. The fourth-order valence-corrected chi connectivity index (χ4v) is 4.10. The molecule has 22 heavy (non-hydrogen) atoms. The molecule has 2 nitrogen and oxygen atoms in total. The minimum Gasteiger partial charge on any atom is -0.367 e. The summed E-state index contributed by atoms with van der Waals surface area (Å²) >= 11 is 0. The summed E-state index contributed by atoms with van der Waals surface area (Å²) in [5.74, 6) is 0.869. The van der Waals surface area contributed by atoms with E-state index in [9.17, 15) is 0 Å². The first-order valence-corrected chi connectivity index (χ1v) is 8.49. The molecule has 0 N–H and O–H groups in total. The van der Waals surface area contributed by atoms with E-state index >= 15 is 0 Å². The minimum atomic E-state index is 0.725. The summed E-state index contributed by atoms with van der Waals surface area (Å²) in [4.78, 5) is 5.23. The Balaban J connectivity index is 1.54. The second-order valence-electron chi connectivity index (χ2n) is 6.57. The van der Waals surface area contributed by atoms with E-state index in [0.717, 1.165) is 12.0 Å². The molecule has 0 aromatic heterocycles. The van der Waals surface area contributed by atoms with Crippen LogP contribution in [0.5, 0.6) is 0 Å². The molecule has 2 atom stereocenters. The number of hydrogen-bond acceptors (Lipinski definition) is 2. The molecule has 2 heterocycles. The van der Waals surface area contributed by atoms with Crippen LogP contribution in [-0.4, -0.2) is 37.1 Å². The largest absolute Gasteiger partial charge is 0.367 e. The molecule has 2 fully saturated rings. The fourth-order valence-electron chi connectivity index (χ4n) is 4.10. The van der Waals surface area contributed by atoms with Crippen molar-refractivity contribution in [1.82, 2.24) is 4.90 Å². The third kappa shape index (κ3) is 2.42. The highest BCUT2D eigenvalue weighted by Crippen LogP contribution is 2.35. The lowest BCUT2D eigenvalue weighted by atomic mass is 10.0. The molecule has 0 saturated carbocycles. The maximum atomic E-state index is 2.63. The highest BCUT2D eigenvalue weighted by atomic mass is 15.3. The van der Waals surface area contributed by atoms with Crippen molar-refractivity contribution in [3.05, 3.63) is 54.6 Å². The normalized spacial score (nSPS) is 24.7. The van der Waals surface area contributed by atoms with Crippen molar-refractivity contribution in [2.75, 3.05) is 31.1 Å². The number of nitrogens with zero attached hydrogens (tertiary/aromatic N) is 2. The van der Waals surface area contributed by atoms with E-state index < -0.39 is 0 Å². The van der Waals surface area contributed by atoms with Gasteiger partial charge < -0.3 is 9.80 Å². The molecule has 0 unspecified atom stereocenters. The highest BCUT2D eigenvalue weighted by molar-refractivity contribution is 5.66. The smallest absolute Gasteiger partial charge is 0.0458 e. The number of fused-ring (bicyclic) bond motifs is 1. The number of hydrogen-bond donors (Lipinski definition) is 0. The van der Waals surface area contributed by atoms with Gasteiger partial charge in [-0.05, 0) is 42.1 Å². The van der Waals surface area contributed by atoms with Gasteiger partial charge in [0.25, 0.3) is 0 Å². The summed E-state index contributed by atoms with van der Waals surface area (Å²) in [5.41, 5.74) is 4.00. The standard InChI is InChI=1S/C20H24N2/c1-2-21-14-18-12-13-22(20(18)15-21)19-10-8-17(9-11-19)16-6-4-3-5-7-16/h3-11,18,20H,2,12-15H2,1H3/t18-,20+/m1/s1. The zero-order valence-electron chi connectivity index (χ0n) is 13.3. The van der Waals surface area contributed by atoms with Crippen LogP contribution < -0.4 is 4.90 Å². The van der Waals surface area contributed by atoms with Crippen molar-refractivity contribution in [3.8, 4) is 11.1 Å². The summed E-state index contributed by atoms with van der Waals surface area (Å²) in [6.07, 6.45) is 1.35. The molecule has 2 saturated heterocycles. The Labute approximate surface area is 133 Å². The van der Waals surface area contributed by atoms with Crippen LogP contribution in [0.2, 0.25) is 0 Å². The van der Waals surface area contributed by atoms with Crippen LogP contribution in [0.15, 0.2) is 54.6 Å². The number of anilines is 1. The Morgan fingerprint density at radius 2 is 1.64 bits per heavy atom. The number of likely N-dealkylation sites (tertiary alicyclic amines) is 1. The third-order valence-corrected chi connectivity index (χ3v) is 5.38. The summed E-state index contributed by atoms with van der Waals surface area (Å²) < 4.78 is 0. The van der Waals surface area contributed by atoms with Gasteiger partial charge in [0, 0.05) is 31.4 Å². The predicted molar refractivity (Wildman–Crippen MR) is 93.2 cm³/mol. The zero-order chi connectivity index (χ0) is 14.9. The van der Waals surface area contributed by atoms with Gasteiger partial charge in [0.05, 0.1) is 0 Å². The van der Waals surface area contributed by atoms with Crippen LogP contribution in [0.1, 0.15) is 13.3 Å². The lowest BCUT2D eigenvalue weighted by Crippen LogP contribution is -2.35. The molecular formula is C20H24N2. The molecule has 2 heteroatoms. The van der Waals surface area contributed by atoms with Gasteiger partial charge in [0.1, 0.15) is 0 Å². The molecule has 2 aromatic rings. The quantitative estimate of drug-likeness (QED) is 0.847. The van der Waals surface area contributed by atoms with Crippen molar-refractivity contribution in [1.29, 1.82) is 0 Å². The van der Waals surface area contributed by atoms with Crippen LogP contribution in [0, 0.1) is 5.92 Å². The van der Waals surface area contributed by atoms with Gasteiger partial charge in [-0.15, -0.1) is 0 Å². The van der Waals surface area contributed by atoms with Crippen molar-refractivity contribution >= 4 is 5.69 Å². The van der Waals surface area contributed by atoms with Crippen LogP contribution in [0.3, 0.4) is 0 Å². The molecule has 2 aromatic carbocycles. The van der Waals surface area contributed by atoms with E-state index in [4.69, 9.17) is 0 Å². The first kappa shape index (κ1) is 13.8. The second kappa shape index (κ2) is 5.77. The molecule has 0 radical (unpaired) electrons. The van der Waals surface area contributed by atoms with Gasteiger partial charge >= 0.3 is 0 Å². The minimum absolute atomic E-state index is 0.725. The Morgan fingerprint density at radius 3 is 2.36 bits per heavy atom. The van der Waals surface area contributed by atoms with Crippen LogP contribution in [0.25, 0.3) is 11.1 Å². The molecule has 0 aliphatic carbocycles. The highest BCUT2D eigenvalue weighted by Gasteiger charge is 2.40. The van der Waals surface area contributed by atoms with Gasteiger partial charge in [-0.25, -0.2) is 0 Å². The van der Waals surface area contributed by atoms with Crippen molar-refractivity contribution in [2.45, 2.75) is 19.4 Å². The first-order valence-electron chi connectivity index (χ1n) is 8.49. The lowest BCUT2D eigenvalue weighted by Gasteiger charge is -2.27. The zero-order valence-corrected chi connectivity index (χ0v) is 13.3. The van der Waals surface area contributed by atoms with E-state index in [2.05, 4.69) is 71.3 Å². The second-order valence-corrected chi connectivity index (χ2v) is 6.57. The maximum absolute atomic E-state index is 2.63. The van der Waals surface area contributed by atoms with Crippen molar-refractivity contribution in [2.24, 2.45) is 5.92 Å². The first-order chi connectivity index (χ1) is 10.8. The van der Waals surface area contributed by atoms with Crippen LogP contribution in [-0.2, 0) is 0 Å². The SMILES string of the molecule is CCN1C[C@H]2CCN(c3ccc(-c4ccccc4)cc3)[C@H]2C1. The van der Waals surface area contributed by atoms with Gasteiger partial charge in [-0.2, -0.15) is 0 Å². The number of benzene rings is 2. The average Bonchev–Trinajstić information content (AvgIpc) is 3.16. The van der Waals surface area contributed by atoms with Gasteiger partial charge in [-0.3, -0.25) is 0 Å². The van der Waals surface area contributed by atoms with E-state index in [1.165, 1.54) is 49.4 Å². The molecule has 114 valence electrons. The molecular weight excluding hydrogens is 268 g/mol. The monoisotopic (exact) mass is 292 g/mol.